The molecule has 3 aromatic rings. The van der Waals surface area contributed by atoms with Gasteiger partial charge in [0.15, 0.2) is 0 Å². The topological polar surface area (TPSA) is 70.7 Å². The summed E-state index contributed by atoms with van der Waals surface area (Å²) in [7, 11) is 1.66. The van der Waals surface area contributed by atoms with Crippen molar-refractivity contribution in [3.63, 3.8) is 0 Å². The van der Waals surface area contributed by atoms with Crippen LogP contribution in [0.5, 0.6) is 5.75 Å². The largest absolute Gasteiger partial charge is 0.496 e. The van der Waals surface area contributed by atoms with Crippen molar-refractivity contribution in [2.75, 3.05) is 31.6 Å². The molecule has 3 aromatic carbocycles. The quantitative estimate of drug-likeness (QED) is 0.414. The number of ether oxygens (including phenoxy) is 1. The Hall–Kier alpha value is -3.80. The van der Waals surface area contributed by atoms with Crippen molar-refractivity contribution in [3.8, 4) is 5.75 Å². The van der Waals surface area contributed by atoms with Gasteiger partial charge >= 0.3 is 0 Å². The number of nitrogens with zero attached hydrogens (tertiary/aromatic N) is 1. The highest BCUT2D eigenvalue weighted by Gasteiger charge is 2.26. The maximum absolute atomic E-state index is 13.1. The molecule has 1 aliphatic rings. The molecule has 4 rings (SSSR count). The van der Waals surface area contributed by atoms with Gasteiger partial charge in [0.2, 0.25) is 5.91 Å². The number of carbonyl (C=O) groups excluding carboxylic acids is 2. The lowest BCUT2D eigenvalue weighted by atomic mass is 9.94. The molecule has 0 aliphatic carbocycles. The van der Waals surface area contributed by atoms with E-state index in [1.165, 1.54) is 0 Å². The van der Waals surface area contributed by atoms with Gasteiger partial charge in [0.25, 0.3) is 5.91 Å². The summed E-state index contributed by atoms with van der Waals surface area (Å²) in [5.74, 6) is 0.734. The maximum Gasteiger partial charge on any atom is 0.253 e. The SMILES string of the molecule is CCC(C(=O)NC1CCN(c2ccccc2C(=O)NCCc2ccccc2OC)CC1)c1ccccc1. The summed E-state index contributed by atoms with van der Waals surface area (Å²) < 4.78 is 5.41. The van der Waals surface area contributed by atoms with Gasteiger partial charge in [-0.05, 0) is 55.0 Å². The van der Waals surface area contributed by atoms with Crippen molar-refractivity contribution in [1.29, 1.82) is 0 Å². The van der Waals surface area contributed by atoms with E-state index in [2.05, 4.69) is 22.5 Å². The van der Waals surface area contributed by atoms with E-state index in [9.17, 15) is 9.59 Å². The Labute approximate surface area is 220 Å². The third-order valence-electron chi connectivity index (χ3n) is 7.13. The number of rotatable bonds is 10. The van der Waals surface area contributed by atoms with Crippen molar-refractivity contribution in [2.24, 2.45) is 0 Å². The summed E-state index contributed by atoms with van der Waals surface area (Å²) in [4.78, 5) is 28.3. The van der Waals surface area contributed by atoms with Crippen LogP contribution in [0.2, 0.25) is 0 Å². The van der Waals surface area contributed by atoms with Crippen LogP contribution in [0.4, 0.5) is 5.69 Å². The molecule has 37 heavy (non-hydrogen) atoms. The average molecular weight is 500 g/mol. The van der Waals surface area contributed by atoms with E-state index in [0.29, 0.717) is 18.5 Å². The zero-order valence-corrected chi connectivity index (χ0v) is 21.8. The van der Waals surface area contributed by atoms with Crippen LogP contribution >= 0.6 is 0 Å². The van der Waals surface area contributed by atoms with Crippen molar-refractivity contribution in [1.82, 2.24) is 10.6 Å². The van der Waals surface area contributed by atoms with E-state index in [-0.39, 0.29) is 23.8 Å². The fraction of sp³-hybridized carbons (Fsp3) is 0.355. The number of amides is 2. The normalized spacial score (nSPS) is 14.6. The second kappa shape index (κ2) is 12.9. The van der Waals surface area contributed by atoms with Gasteiger partial charge in [0.05, 0.1) is 18.6 Å². The fourth-order valence-electron chi connectivity index (χ4n) is 5.08. The first-order valence-electron chi connectivity index (χ1n) is 13.2. The van der Waals surface area contributed by atoms with Crippen LogP contribution in [-0.2, 0) is 11.2 Å². The Bertz CT molecular complexity index is 1170. The Kier molecular flexibility index (Phi) is 9.19. The highest BCUT2D eigenvalue weighted by molar-refractivity contribution is 5.99. The van der Waals surface area contributed by atoms with Crippen LogP contribution in [0.3, 0.4) is 0 Å². The third-order valence-corrected chi connectivity index (χ3v) is 7.13. The molecular formula is C31H37N3O3. The molecule has 194 valence electrons. The molecular weight excluding hydrogens is 462 g/mol. The average Bonchev–Trinajstić information content (AvgIpc) is 2.94. The van der Waals surface area contributed by atoms with Gasteiger partial charge in [0.1, 0.15) is 5.75 Å². The second-order valence-corrected chi connectivity index (χ2v) is 9.48. The molecule has 1 unspecified atom stereocenters. The van der Waals surface area contributed by atoms with Gasteiger partial charge in [-0.1, -0.05) is 67.6 Å². The monoisotopic (exact) mass is 499 g/mol. The minimum Gasteiger partial charge on any atom is -0.496 e. The zero-order valence-electron chi connectivity index (χ0n) is 21.8. The van der Waals surface area contributed by atoms with Gasteiger partial charge in [-0.2, -0.15) is 0 Å². The molecule has 1 atom stereocenters. The molecule has 0 radical (unpaired) electrons. The van der Waals surface area contributed by atoms with Crippen molar-refractivity contribution in [2.45, 2.75) is 44.6 Å². The molecule has 1 fully saturated rings. The summed E-state index contributed by atoms with van der Waals surface area (Å²) in [6.45, 7) is 4.16. The lowest BCUT2D eigenvalue weighted by Gasteiger charge is -2.35. The predicted molar refractivity (Wildman–Crippen MR) is 148 cm³/mol. The van der Waals surface area contributed by atoms with Crippen molar-refractivity contribution < 1.29 is 14.3 Å². The molecule has 2 amide bonds. The lowest BCUT2D eigenvalue weighted by molar-refractivity contribution is -0.123. The van der Waals surface area contributed by atoms with Crippen LogP contribution in [0.1, 0.15) is 53.6 Å². The first-order valence-corrected chi connectivity index (χ1v) is 13.2. The standard InChI is InChI=1S/C31H37N3O3/c1-3-26(23-11-5-4-6-12-23)31(36)33-25-18-21-34(22-19-25)28-15-9-8-14-27(28)30(35)32-20-17-24-13-7-10-16-29(24)37-2/h4-16,25-26H,3,17-22H2,1-2H3,(H,32,35)(H,33,36). The van der Waals surface area contributed by atoms with Gasteiger partial charge in [-0.25, -0.2) is 0 Å². The van der Waals surface area contributed by atoms with Gasteiger partial charge in [-0.3, -0.25) is 9.59 Å². The van der Waals surface area contributed by atoms with E-state index in [1.54, 1.807) is 7.11 Å². The molecule has 1 aliphatic heterocycles. The minimum absolute atomic E-state index is 0.0745. The Morgan fingerprint density at radius 1 is 0.946 bits per heavy atom. The number of anilines is 1. The first kappa shape index (κ1) is 26.3. The Morgan fingerprint density at radius 2 is 1.62 bits per heavy atom. The molecule has 0 spiro atoms. The molecule has 1 heterocycles. The maximum atomic E-state index is 13.1. The first-order chi connectivity index (χ1) is 18.1. The third kappa shape index (κ3) is 6.70. The van der Waals surface area contributed by atoms with Crippen LogP contribution in [-0.4, -0.2) is 44.6 Å². The number of piperidine rings is 1. The Morgan fingerprint density at radius 3 is 2.35 bits per heavy atom. The Balaban J connectivity index is 1.32. The number of benzene rings is 3. The lowest BCUT2D eigenvalue weighted by Crippen LogP contribution is -2.46. The van der Waals surface area contributed by atoms with Gasteiger partial charge < -0.3 is 20.3 Å². The molecule has 0 saturated carbocycles. The fourth-order valence-corrected chi connectivity index (χ4v) is 5.08. The van der Waals surface area contributed by atoms with Crippen molar-refractivity contribution in [3.05, 3.63) is 95.6 Å². The van der Waals surface area contributed by atoms with Crippen LogP contribution in [0, 0.1) is 0 Å². The highest BCUT2D eigenvalue weighted by Crippen LogP contribution is 2.26. The number of hydrogen-bond acceptors (Lipinski definition) is 4. The summed E-state index contributed by atoms with van der Waals surface area (Å²) in [5.41, 5.74) is 3.75. The molecule has 0 aromatic heterocycles. The smallest absolute Gasteiger partial charge is 0.253 e. The number of hydrogen-bond donors (Lipinski definition) is 2. The number of carbonyl (C=O) groups is 2. The van der Waals surface area contributed by atoms with Crippen LogP contribution < -0.4 is 20.3 Å². The van der Waals surface area contributed by atoms with E-state index >= 15 is 0 Å². The van der Waals surface area contributed by atoms with Crippen LogP contribution in [0.15, 0.2) is 78.9 Å². The number of para-hydroxylation sites is 2. The zero-order chi connectivity index (χ0) is 26.0. The van der Waals surface area contributed by atoms with Crippen molar-refractivity contribution >= 4 is 17.5 Å². The van der Waals surface area contributed by atoms with E-state index in [0.717, 1.165) is 54.9 Å². The molecule has 2 N–H and O–H groups in total. The van der Waals surface area contributed by atoms with E-state index in [4.69, 9.17) is 4.74 Å². The summed E-state index contributed by atoms with van der Waals surface area (Å²) >= 11 is 0. The second-order valence-electron chi connectivity index (χ2n) is 9.48. The predicted octanol–water partition coefficient (Wildman–Crippen LogP) is 4.95. The molecule has 0 bridgehead atoms. The number of nitrogens with one attached hydrogen (secondary N) is 2. The highest BCUT2D eigenvalue weighted by atomic mass is 16.5. The van der Waals surface area contributed by atoms with E-state index < -0.39 is 0 Å². The van der Waals surface area contributed by atoms with E-state index in [1.807, 2.05) is 78.9 Å². The minimum atomic E-state index is -0.125. The molecule has 6 heteroatoms. The van der Waals surface area contributed by atoms with Gasteiger partial charge in [0, 0.05) is 31.4 Å². The molecule has 1 saturated heterocycles. The molecule has 6 nitrogen and oxygen atoms in total. The summed E-state index contributed by atoms with van der Waals surface area (Å²) in [5, 5.41) is 6.34. The van der Waals surface area contributed by atoms with Gasteiger partial charge in [-0.15, -0.1) is 0 Å². The number of methoxy groups -OCH3 is 1. The summed E-state index contributed by atoms with van der Waals surface area (Å²) in [6, 6.07) is 25.8. The summed E-state index contributed by atoms with van der Waals surface area (Å²) in [6.07, 6.45) is 3.17. The van der Waals surface area contributed by atoms with Crippen LogP contribution in [0.25, 0.3) is 0 Å².